The highest BCUT2D eigenvalue weighted by atomic mass is 14.3. The van der Waals surface area contributed by atoms with E-state index in [1.807, 2.05) is 0 Å². The van der Waals surface area contributed by atoms with Crippen LogP contribution in [0.5, 0.6) is 0 Å². The summed E-state index contributed by atoms with van der Waals surface area (Å²) >= 11 is 0. The fourth-order valence-corrected chi connectivity index (χ4v) is 2.51. The molecule has 0 heterocycles. The lowest BCUT2D eigenvalue weighted by Gasteiger charge is -2.27. The van der Waals surface area contributed by atoms with E-state index in [1.165, 1.54) is 31.2 Å². The minimum absolute atomic E-state index is 0.819. The van der Waals surface area contributed by atoms with Crippen LogP contribution in [-0.4, -0.2) is 0 Å². The summed E-state index contributed by atoms with van der Waals surface area (Å²) < 4.78 is 0. The van der Waals surface area contributed by atoms with E-state index in [0.29, 0.717) is 0 Å². The molecule has 1 aliphatic carbocycles. The molecule has 75 valence electrons. The van der Waals surface area contributed by atoms with E-state index in [-0.39, 0.29) is 0 Å². The van der Waals surface area contributed by atoms with Gasteiger partial charge in [0, 0.05) is 0 Å². The average Bonchev–Trinajstić information content (AvgIpc) is 2.30. The van der Waals surface area contributed by atoms with E-state index >= 15 is 0 Å². The molecule has 0 saturated heterocycles. The highest BCUT2D eigenvalue weighted by molar-refractivity contribution is 5.19. The molecule has 0 aliphatic heterocycles. The maximum Gasteiger partial charge on any atom is -0.0162 e. The van der Waals surface area contributed by atoms with Gasteiger partial charge in [-0.2, -0.15) is 0 Å². The van der Waals surface area contributed by atoms with Crippen LogP contribution in [-0.2, 0) is 0 Å². The van der Waals surface area contributed by atoms with E-state index in [2.05, 4.69) is 37.3 Å². The van der Waals surface area contributed by atoms with Crippen molar-refractivity contribution in [3.63, 3.8) is 0 Å². The molecule has 1 radical (unpaired) electrons. The van der Waals surface area contributed by atoms with Gasteiger partial charge in [0.25, 0.3) is 0 Å². The fraction of sp³-hybridized carbons (Fsp3) is 0.500. The predicted molar refractivity (Wildman–Crippen MR) is 61.1 cm³/mol. The van der Waals surface area contributed by atoms with Gasteiger partial charge in [-0.1, -0.05) is 43.7 Å². The number of hydrogen-bond donors (Lipinski definition) is 0. The molecule has 1 aliphatic rings. The highest BCUT2D eigenvalue weighted by Crippen LogP contribution is 2.36. The van der Waals surface area contributed by atoms with Crippen molar-refractivity contribution in [1.82, 2.24) is 0 Å². The van der Waals surface area contributed by atoms with Crippen molar-refractivity contribution in [1.29, 1.82) is 0 Å². The lowest BCUT2D eigenvalue weighted by molar-refractivity contribution is 0.327. The van der Waals surface area contributed by atoms with Gasteiger partial charge in [-0.15, -0.1) is 0 Å². The van der Waals surface area contributed by atoms with Crippen LogP contribution in [0.25, 0.3) is 0 Å². The molecule has 1 saturated carbocycles. The molecular formula is C14H19. The summed E-state index contributed by atoms with van der Waals surface area (Å²) in [5.41, 5.74) is 1.54. The first-order chi connectivity index (χ1) is 6.90. The largest absolute Gasteiger partial charge is 0.0622 e. The summed E-state index contributed by atoms with van der Waals surface area (Å²) in [5, 5.41) is 0. The Morgan fingerprint density at radius 1 is 1.00 bits per heavy atom. The van der Waals surface area contributed by atoms with Gasteiger partial charge in [-0.05, 0) is 43.1 Å². The van der Waals surface area contributed by atoms with E-state index in [9.17, 15) is 0 Å². The summed E-state index contributed by atoms with van der Waals surface area (Å²) in [4.78, 5) is 0. The van der Waals surface area contributed by atoms with Crippen molar-refractivity contribution < 1.29 is 0 Å². The van der Waals surface area contributed by atoms with Crippen LogP contribution >= 0.6 is 0 Å². The molecule has 0 nitrogen and oxygen atoms in total. The van der Waals surface area contributed by atoms with Gasteiger partial charge < -0.3 is 0 Å². The first-order valence-corrected chi connectivity index (χ1v) is 5.74. The first-order valence-electron chi connectivity index (χ1n) is 5.74. The molecule has 0 spiro atoms. The van der Waals surface area contributed by atoms with Crippen molar-refractivity contribution in [2.45, 2.75) is 38.0 Å². The summed E-state index contributed by atoms with van der Waals surface area (Å²) in [7, 11) is 0. The van der Waals surface area contributed by atoms with Crippen molar-refractivity contribution in [2.24, 2.45) is 5.92 Å². The third-order valence-electron chi connectivity index (χ3n) is 3.53. The van der Waals surface area contributed by atoms with Crippen LogP contribution in [0.4, 0.5) is 0 Å². The summed E-state index contributed by atoms with van der Waals surface area (Å²) in [6.45, 7) is 4.01. The molecule has 0 heteroatoms. The Balaban J connectivity index is 1.96. The van der Waals surface area contributed by atoms with Crippen molar-refractivity contribution in [3.05, 3.63) is 42.8 Å². The van der Waals surface area contributed by atoms with E-state index < -0.39 is 0 Å². The van der Waals surface area contributed by atoms with E-state index in [1.54, 1.807) is 0 Å². The van der Waals surface area contributed by atoms with Gasteiger partial charge in [0.1, 0.15) is 0 Å². The van der Waals surface area contributed by atoms with Crippen molar-refractivity contribution >= 4 is 0 Å². The van der Waals surface area contributed by atoms with Crippen LogP contribution in [0.3, 0.4) is 0 Å². The molecule has 14 heavy (non-hydrogen) atoms. The highest BCUT2D eigenvalue weighted by Gasteiger charge is 2.20. The van der Waals surface area contributed by atoms with Crippen LogP contribution in [0.1, 0.15) is 43.6 Å². The summed E-state index contributed by atoms with van der Waals surface area (Å²) in [5.74, 6) is 1.72. The lowest BCUT2D eigenvalue weighted by atomic mass is 9.78. The Labute approximate surface area is 87.3 Å². The topological polar surface area (TPSA) is 0 Å². The van der Waals surface area contributed by atoms with Crippen LogP contribution in [0.2, 0.25) is 0 Å². The second kappa shape index (κ2) is 4.63. The number of hydrogen-bond acceptors (Lipinski definition) is 0. The number of benzene rings is 1. The molecule has 1 aromatic carbocycles. The van der Waals surface area contributed by atoms with Gasteiger partial charge in [-0.25, -0.2) is 0 Å². The zero-order valence-electron chi connectivity index (χ0n) is 8.78. The Morgan fingerprint density at radius 2 is 1.64 bits per heavy atom. The second-order valence-corrected chi connectivity index (χ2v) is 4.42. The monoisotopic (exact) mass is 187 g/mol. The summed E-state index contributed by atoms with van der Waals surface area (Å²) in [6, 6.07) is 11.0. The second-order valence-electron chi connectivity index (χ2n) is 4.42. The molecule has 0 aromatic heterocycles. The quantitative estimate of drug-likeness (QED) is 0.651. The van der Waals surface area contributed by atoms with E-state index in [4.69, 9.17) is 0 Å². The third-order valence-corrected chi connectivity index (χ3v) is 3.53. The molecule has 2 rings (SSSR count). The van der Waals surface area contributed by atoms with Gasteiger partial charge in [0.15, 0.2) is 0 Å². The Morgan fingerprint density at radius 3 is 2.21 bits per heavy atom. The molecule has 0 amide bonds. The molecule has 1 fully saturated rings. The zero-order chi connectivity index (χ0) is 9.80. The van der Waals surface area contributed by atoms with Crippen molar-refractivity contribution in [3.8, 4) is 0 Å². The van der Waals surface area contributed by atoms with Gasteiger partial charge in [0.2, 0.25) is 0 Å². The smallest absolute Gasteiger partial charge is 0.0162 e. The first kappa shape index (κ1) is 9.76. The minimum Gasteiger partial charge on any atom is -0.0622 e. The maximum atomic E-state index is 4.01. The molecule has 0 atom stereocenters. The summed E-state index contributed by atoms with van der Waals surface area (Å²) in [6.07, 6.45) is 6.61. The van der Waals surface area contributed by atoms with Crippen LogP contribution in [0, 0.1) is 12.8 Å². The Kier molecular flexibility index (Phi) is 3.23. The van der Waals surface area contributed by atoms with Crippen LogP contribution in [0.15, 0.2) is 30.3 Å². The number of rotatable bonds is 2. The predicted octanol–water partition coefficient (Wildman–Crippen LogP) is 4.18. The standard InChI is InChI=1S/C14H19/c1-2-12-8-10-14(11-9-12)13-6-4-3-5-7-13/h3-7,12,14H,1-2,8-11H2. The van der Waals surface area contributed by atoms with Crippen LogP contribution < -0.4 is 0 Å². The normalized spacial score (nSPS) is 27.5. The van der Waals surface area contributed by atoms with Gasteiger partial charge in [-0.3, -0.25) is 0 Å². The van der Waals surface area contributed by atoms with Gasteiger partial charge >= 0.3 is 0 Å². The molecular weight excluding hydrogens is 168 g/mol. The lowest BCUT2D eigenvalue weighted by Crippen LogP contribution is -2.12. The zero-order valence-corrected chi connectivity index (χ0v) is 8.78. The van der Waals surface area contributed by atoms with Gasteiger partial charge in [0.05, 0.1) is 0 Å². The Bertz CT molecular complexity index is 255. The third kappa shape index (κ3) is 2.17. The molecule has 0 bridgehead atoms. The van der Waals surface area contributed by atoms with Crippen molar-refractivity contribution in [2.75, 3.05) is 0 Å². The average molecular weight is 187 g/mol. The molecule has 0 unspecified atom stereocenters. The molecule has 1 aromatic rings. The fourth-order valence-electron chi connectivity index (χ4n) is 2.51. The van der Waals surface area contributed by atoms with E-state index in [0.717, 1.165) is 18.3 Å². The maximum absolute atomic E-state index is 4.01. The minimum atomic E-state index is 0.819. The SMILES string of the molecule is [CH2]CC1CCC(c2ccccc2)CC1. The molecule has 0 N–H and O–H groups in total. The Hall–Kier alpha value is -0.780.